The molecular formula is C23H26FN7O4S. The van der Waals surface area contributed by atoms with Crippen molar-refractivity contribution in [3.8, 4) is 28.7 Å². The maximum Gasteiger partial charge on any atom is 0.189 e. The number of halogens is 1. The quantitative estimate of drug-likeness (QED) is 0.331. The van der Waals surface area contributed by atoms with Crippen molar-refractivity contribution in [3.63, 3.8) is 0 Å². The molecule has 4 aromatic rings. The van der Waals surface area contributed by atoms with Crippen LogP contribution in [0.5, 0.6) is 11.5 Å². The van der Waals surface area contributed by atoms with Crippen LogP contribution in [0.1, 0.15) is 31.4 Å². The van der Waals surface area contributed by atoms with E-state index in [0.29, 0.717) is 28.7 Å². The van der Waals surface area contributed by atoms with Crippen LogP contribution in [0.25, 0.3) is 17.2 Å². The fourth-order valence-corrected chi connectivity index (χ4v) is 5.34. The van der Waals surface area contributed by atoms with Gasteiger partial charge in [-0.15, -0.1) is 10.2 Å². The minimum Gasteiger partial charge on any atom is -0.494 e. The highest BCUT2D eigenvalue weighted by Crippen LogP contribution is 2.36. The first-order valence-corrected chi connectivity index (χ1v) is 12.7. The van der Waals surface area contributed by atoms with Gasteiger partial charge in [-0.2, -0.15) is 5.10 Å². The van der Waals surface area contributed by atoms with Crippen LogP contribution in [0.15, 0.2) is 42.9 Å². The smallest absolute Gasteiger partial charge is 0.189 e. The molecule has 4 rings (SSSR count). The normalized spacial score (nSPS) is 13.4. The Morgan fingerprint density at radius 1 is 1.03 bits per heavy atom. The number of benzene rings is 1. The van der Waals surface area contributed by atoms with Crippen molar-refractivity contribution in [3.05, 3.63) is 60.3 Å². The third-order valence-electron chi connectivity index (χ3n) is 5.95. The highest BCUT2D eigenvalue weighted by atomic mass is 32.2. The van der Waals surface area contributed by atoms with E-state index in [1.54, 1.807) is 60.6 Å². The van der Waals surface area contributed by atoms with E-state index >= 15 is 0 Å². The molecule has 3 heterocycles. The van der Waals surface area contributed by atoms with Gasteiger partial charge in [0.05, 0.1) is 31.9 Å². The zero-order valence-electron chi connectivity index (χ0n) is 20.5. The minimum absolute atomic E-state index is 0.150. The first kappa shape index (κ1) is 25.2. The van der Waals surface area contributed by atoms with Crippen molar-refractivity contribution in [2.24, 2.45) is 7.05 Å². The zero-order valence-corrected chi connectivity index (χ0v) is 21.3. The van der Waals surface area contributed by atoms with Gasteiger partial charge in [0, 0.05) is 19.2 Å². The van der Waals surface area contributed by atoms with Gasteiger partial charge < -0.3 is 9.47 Å². The van der Waals surface area contributed by atoms with E-state index in [9.17, 15) is 12.8 Å². The molecule has 36 heavy (non-hydrogen) atoms. The van der Waals surface area contributed by atoms with Crippen LogP contribution < -0.4 is 9.47 Å². The third kappa shape index (κ3) is 4.78. The molecule has 0 saturated carbocycles. The van der Waals surface area contributed by atoms with Crippen molar-refractivity contribution >= 4 is 9.84 Å². The van der Waals surface area contributed by atoms with Gasteiger partial charge in [0.2, 0.25) is 0 Å². The maximum absolute atomic E-state index is 13.5. The average Bonchev–Trinajstić information content (AvgIpc) is 3.48. The van der Waals surface area contributed by atoms with E-state index < -0.39 is 32.6 Å². The first-order valence-electron chi connectivity index (χ1n) is 11.0. The Morgan fingerprint density at radius 2 is 1.67 bits per heavy atom. The summed E-state index contributed by atoms with van der Waals surface area (Å²) in [7, 11) is 0.967. The number of ether oxygens (including phenoxy) is 2. The Hall–Kier alpha value is -3.87. The summed E-state index contributed by atoms with van der Waals surface area (Å²) in [6.45, 7) is 3.25. The van der Waals surface area contributed by atoms with E-state index in [1.165, 1.54) is 14.2 Å². The Bertz CT molecular complexity index is 1450. The largest absolute Gasteiger partial charge is 0.494 e. The summed E-state index contributed by atoms with van der Waals surface area (Å²) in [6, 6.07) is 6.97. The van der Waals surface area contributed by atoms with Crippen molar-refractivity contribution in [2.45, 2.75) is 30.8 Å². The van der Waals surface area contributed by atoms with Gasteiger partial charge in [-0.25, -0.2) is 22.8 Å². The summed E-state index contributed by atoms with van der Waals surface area (Å²) in [5.41, 5.74) is 0.934. The van der Waals surface area contributed by atoms with E-state index in [2.05, 4.69) is 25.3 Å². The molecule has 0 amide bonds. The van der Waals surface area contributed by atoms with E-state index in [0.717, 1.165) is 12.4 Å². The number of rotatable bonds is 9. The molecule has 0 unspecified atom stereocenters. The lowest BCUT2D eigenvalue weighted by Gasteiger charge is -2.20. The second kappa shape index (κ2) is 10.0. The van der Waals surface area contributed by atoms with Crippen LogP contribution in [0.2, 0.25) is 0 Å². The molecule has 1 aromatic carbocycles. The zero-order chi connectivity index (χ0) is 26.0. The summed E-state index contributed by atoms with van der Waals surface area (Å²) in [4.78, 5) is 7.90. The van der Waals surface area contributed by atoms with Gasteiger partial charge in [0.25, 0.3) is 0 Å². The van der Waals surface area contributed by atoms with Gasteiger partial charge in [0.15, 0.2) is 27.3 Å². The van der Waals surface area contributed by atoms with E-state index in [-0.39, 0.29) is 11.6 Å². The van der Waals surface area contributed by atoms with Crippen LogP contribution in [0, 0.1) is 5.82 Å². The molecule has 0 fully saturated rings. The molecule has 11 nitrogen and oxygen atoms in total. The third-order valence-corrected chi connectivity index (χ3v) is 8.15. The molecular weight excluding hydrogens is 489 g/mol. The lowest BCUT2D eigenvalue weighted by Crippen LogP contribution is -2.27. The molecule has 2 atom stereocenters. The molecule has 190 valence electrons. The molecule has 0 aliphatic rings. The summed E-state index contributed by atoms with van der Waals surface area (Å²) in [6.07, 6.45) is 3.78. The van der Waals surface area contributed by atoms with Crippen LogP contribution >= 0.6 is 0 Å². The number of para-hydroxylation sites is 1. The van der Waals surface area contributed by atoms with Crippen molar-refractivity contribution in [2.75, 3.05) is 14.2 Å². The van der Waals surface area contributed by atoms with Gasteiger partial charge in [-0.3, -0.25) is 9.25 Å². The average molecular weight is 516 g/mol. The topological polar surface area (TPSA) is 127 Å². The fraction of sp³-hybridized carbons (Fsp3) is 0.348. The molecule has 3 aromatic heterocycles. The van der Waals surface area contributed by atoms with Crippen LogP contribution in [-0.2, 0) is 22.6 Å². The predicted octanol–water partition coefficient (Wildman–Crippen LogP) is 2.72. The van der Waals surface area contributed by atoms with E-state index in [1.807, 2.05) is 0 Å². The second-order valence-electron chi connectivity index (χ2n) is 8.22. The van der Waals surface area contributed by atoms with Crippen LogP contribution in [0.4, 0.5) is 4.39 Å². The summed E-state index contributed by atoms with van der Waals surface area (Å²) < 4.78 is 54.6. The fourth-order valence-electron chi connectivity index (χ4n) is 3.79. The first-order chi connectivity index (χ1) is 17.2. The number of aromatic nitrogens is 7. The lowest BCUT2D eigenvalue weighted by molar-refractivity contribution is 0.390. The number of hydrogen-bond acceptors (Lipinski definition) is 9. The molecule has 13 heteroatoms. The maximum atomic E-state index is 13.5. The Kier molecular flexibility index (Phi) is 7.02. The van der Waals surface area contributed by atoms with Gasteiger partial charge >= 0.3 is 0 Å². The monoisotopic (exact) mass is 515 g/mol. The van der Waals surface area contributed by atoms with Crippen molar-refractivity contribution in [1.29, 1.82) is 0 Å². The van der Waals surface area contributed by atoms with Gasteiger partial charge in [0.1, 0.15) is 34.5 Å². The molecule has 0 bridgehead atoms. The summed E-state index contributed by atoms with van der Waals surface area (Å²) in [5.74, 6) is -0.0541. The van der Waals surface area contributed by atoms with Crippen LogP contribution in [-0.4, -0.2) is 62.4 Å². The predicted molar refractivity (Wildman–Crippen MR) is 129 cm³/mol. The molecule has 0 radical (unpaired) electrons. The number of hydrogen-bond donors (Lipinski definition) is 0. The lowest BCUT2D eigenvalue weighted by atomic mass is 10.1. The van der Waals surface area contributed by atoms with Gasteiger partial charge in [-0.05, 0) is 25.1 Å². The standard InChI is InChI=1S/C23H26FN7O4S/c1-14(22-25-11-16(24)12-26-22)15(2)36(32,33)13-20-27-28-23(17-9-10-30(3)29-17)31(20)21-18(34-4)7-6-8-19(21)35-5/h6-12,14-15H,13H2,1-5H3/t14-,15-/m1/s1. The van der Waals surface area contributed by atoms with Gasteiger partial charge in [-0.1, -0.05) is 13.0 Å². The Balaban J connectivity index is 1.81. The van der Waals surface area contributed by atoms with Crippen molar-refractivity contribution < 1.29 is 22.3 Å². The van der Waals surface area contributed by atoms with E-state index in [4.69, 9.17) is 9.47 Å². The van der Waals surface area contributed by atoms with Crippen molar-refractivity contribution in [1.82, 2.24) is 34.5 Å². The Labute approximate surface area is 207 Å². The SMILES string of the molecule is COc1cccc(OC)c1-n1c(CS(=O)(=O)[C@H](C)[C@@H](C)c2ncc(F)cn2)nnc1-c1ccn(C)n1. The van der Waals surface area contributed by atoms with Crippen LogP contribution in [0.3, 0.4) is 0 Å². The second-order valence-corrected chi connectivity index (χ2v) is 10.6. The Morgan fingerprint density at radius 3 is 2.22 bits per heavy atom. The molecule has 0 aliphatic heterocycles. The number of aryl methyl sites for hydroxylation is 1. The highest BCUT2D eigenvalue weighted by Gasteiger charge is 2.33. The number of sulfone groups is 1. The molecule has 0 spiro atoms. The summed E-state index contributed by atoms with van der Waals surface area (Å²) >= 11 is 0. The molecule has 0 aliphatic carbocycles. The number of nitrogens with zero attached hydrogens (tertiary/aromatic N) is 7. The molecule has 0 N–H and O–H groups in total. The minimum atomic E-state index is -3.81. The number of methoxy groups -OCH3 is 2. The molecule has 0 saturated heterocycles. The highest BCUT2D eigenvalue weighted by molar-refractivity contribution is 7.91. The summed E-state index contributed by atoms with van der Waals surface area (Å²) in [5, 5.41) is 12.0.